The molecule has 1 aliphatic rings. The molecule has 144 valence electrons. The number of hydrogen-bond acceptors (Lipinski definition) is 3. The van der Waals surface area contributed by atoms with Crippen LogP contribution >= 0.6 is 0 Å². The van der Waals surface area contributed by atoms with Gasteiger partial charge in [0.25, 0.3) is 5.91 Å². The lowest BCUT2D eigenvalue weighted by Crippen LogP contribution is -2.28. The van der Waals surface area contributed by atoms with E-state index in [9.17, 15) is 17.6 Å². The fourth-order valence-electron chi connectivity index (χ4n) is 3.13. The summed E-state index contributed by atoms with van der Waals surface area (Å²) in [4.78, 5) is 12.8. The molecule has 2 aromatic rings. The SMILES string of the molecule is Cc1cc(C(=O)N[C@@H]2C[C@@H]2c2cccc(F)c2)cc(S(=O)(=O)N(C)C)c1C. The standard InChI is InChI=1S/C20H23FN2O3S/c1-12-8-15(10-19(13(12)2)27(25,26)23(3)4)20(24)22-18-11-17(18)14-6-5-7-16(21)9-14/h5-10,17-18H,11H2,1-4H3,(H,22,24)/t17-,18-/m1/s1. The summed E-state index contributed by atoms with van der Waals surface area (Å²) in [6, 6.07) is 9.41. The van der Waals surface area contributed by atoms with Crippen LogP contribution in [0.4, 0.5) is 4.39 Å². The Kier molecular flexibility index (Phi) is 5.10. The Morgan fingerprint density at radius 1 is 1.19 bits per heavy atom. The first-order valence-electron chi connectivity index (χ1n) is 8.71. The molecule has 0 spiro atoms. The quantitative estimate of drug-likeness (QED) is 0.854. The van der Waals surface area contributed by atoms with Crippen LogP contribution in [0.25, 0.3) is 0 Å². The van der Waals surface area contributed by atoms with Crippen LogP contribution in [0.3, 0.4) is 0 Å². The summed E-state index contributed by atoms with van der Waals surface area (Å²) in [5.74, 6) is -0.532. The lowest BCUT2D eigenvalue weighted by Gasteiger charge is -2.16. The van der Waals surface area contributed by atoms with Crippen LogP contribution in [0, 0.1) is 19.7 Å². The monoisotopic (exact) mass is 390 g/mol. The molecule has 5 nitrogen and oxygen atoms in total. The molecule has 2 atom stereocenters. The summed E-state index contributed by atoms with van der Waals surface area (Å²) in [6.45, 7) is 3.52. The molecule has 1 aliphatic carbocycles. The summed E-state index contributed by atoms with van der Waals surface area (Å²) >= 11 is 0. The molecule has 0 aromatic heterocycles. The van der Waals surface area contributed by atoms with Gasteiger partial charge in [0.15, 0.2) is 0 Å². The van der Waals surface area contributed by atoms with Crippen LogP contribution in [-0.4, -0.2) is 38.8 Å². The van der Waals surface area contributed by atoms with Crippen molar-refractivity contribution in [3.8, 4) is 0 Å². The molecule has 0 bridgehead atoms. The number of amides is 1. The number of carbonyl (C=O) groups excluding carboxylic acids is 1. The molecule has 3 rings (SSSR count). The van der Waals surface area contributed by atoms with Gasteiger partial charge in [-0.15, -0.1) is 0 Å². The summed E-state index contributed by atoms with van der Waals surface area (Å²) < 4.78 is 39.6. The number of sulfonamides is 1. The maximum Gasteiger partial charge on any atom is 0.251 e. The first kappa shape index (κ1) is 19.5. The zero-order chi connectivity index (χ0) is 19.9. The predicted octanol–water partition coefficient (Wildman–Crippen LogP) is 2.98. The molecule has 0 radical (unpaired) electrons. The normalized spacial score (nSPS) is 19.2. The van der Waals surface area contributed by atoms with Gasteiger partial charge in [0.05, 0.1) is 4.90 Å². The van der Waals surface area contributed by atoms with E-state index in [-0.39, 0.29) is 28.6 Å². The van der Waals surface area contributed by atoms with Crippen molar-refractivity contribution in [3.63, 3.8) is 0 Å². The number of halogens is 1. The van der Waals surface area contributed by atoms with Crippen molar-refractivity contribution in [1.82, 2.24) is 9.62 Å². The zero-order valence-corrected chi connectivity index (χ0v) is 16.6. The predicted molar refractivity (Wildman–Crippen MR) is 102 cm³/mol. The van der Waals surface area contributed by atoms with E-state index < -0.39 is 10.0 Å². The van der Waals surface area contributed by atoms with Gasteiger partial charge in [-0.2, -0.15) is 0 Å². The van der Waals surface area contributed by atoms with Crippen LogP contribution in [0.1, 0.15) is 39.4 Å². The first-order valence-corrected chi connectivity index (χ1v) is 10.2. The Morgan fingerprint density at radius 2 is 1.89 bits per heavy atom. The van der Waals surface area contributed by atoms with E-state index in [4.69, 9.17) is 0 Å². The average Bonchev–Trinajstić information content (AvgIpc) is 3.35. The number of rotatable bonds is 5. The highest BCUT2D eigenvalue weighted by molar-refractivity contribution is 7.89. The molecule has 1 N–H and O–H groups in total. The number of aryl methyl sites for hydroxylation is 1. The average molecular weight is 390 g/mol. The highest BCUT2D eigenvalue weighted by Crippen LogP contribution is 2.41. The second-order valence-corrected chi connectivity index (χ2v) is 9.30. The van der Waals surface area contributed by atoms with Crippen molar-refractivity contribution in [1.29, 1.82) is 0 Å². The van der Waals surface area contributed by atoms with Gasteiger partial charge < -0.3 is 5.32 Å². The van der Waals surface area contributed by atoms with Crippen LogP contribution in [-0.2, 0) is 10.0 Å². The third-order valence-corrected chi connectivity index (χ3v) is 6.97. The number of carbonyl (C=O) groups is 1. The Labute approximate surface area is 159 Å². The smallest absolute Gasteiger partial charge is 0.251 e. The summed E-state index contributed by atoms with van der Waals surface area (Å²) in [5.41, 5.74) is 2.53. The van der Waals surface area contributed by atoms with Crippen LogP contribution < -0.4 is 5.32 Å². The van der Waals surface area contributed by atoms with Gasteiger partial charge >= 0.3 is 0 Å². The molecule has 1 saturated carbocycles. The lowest BCUT2D eigenvalue weighted by atomic mass is 10.1. The second-order valence-electron chi connectivity index (χ2n) is 7.18. The molecule has 0 aliphatic heterocycles. The van der Waals surface area contributed by atoms with Gasteiger partial charge in [0, 0.05) is 31.6 Å². The molecule has 2 aromatic carbocycles. The summed E-state index contributed by atoms with van der Waals surface area (Å²) in [7, 11) is -0.720. The van der Waals surface area contributed by atoms with Gasteiger partial charge in [-0.05, 0) is 61.2 Å². The van der Waals surface area contributed by atoms with E-state index in [1.165, 1.54) is 32.3 Å². The fraction of sp³-hybridized carbons (Fsp3) is 0.350. The molecule has 7 heteroatoms. The largest absolute Gasteiger partial charge is 0.349 e. The topological polar surface area (TPSA) is 66.5 Å². The van der Waals surface area contributed by atoms with Crippen molar-refractivity contribution < 1.29 is 17.6 Å². The van der Waals surface area contributed by atoms with Crippen molar-refractivity contribution >= 4 is 15.9 Å². The maximum atomic E-state index is 13.4. The summed E-state index contributed by atoms with van der Waals surface area (Å²) in [6.07, 6.45) is 0.739. The number of nitrogens with one attached hydrogen (secondary N) is 1. The lowest BCUT2D eigenvalue weighted by molar-refractivity contribution is 0.0950. The Balaban J connectivity index is 1.81. The van der Waals surface area contributed by atoms with E-state index in [0.29, 0.717) is 11.1 Å². The van der Waals surface area contributed by atoms with Crippen LogP contribution in [0.5, 0.6) is 0 Å². The van der Waals surface area contributed by atoms with E-state index in [0.717, 1.165) is 21.9 Å². The Hall–Kier alpha value is -2.25. The van der Waals surface area contributed by atoms with Gasteiger partial charge in [-0.3, -0.25) is 4.79 Å². The van der Waals surface area contributed by atoms with Crippen molar-refractivity contribution in [2.24, 2.45) is 0 Å². The minimum atomic E-state index is -3.65. The third kappa shape index (κ3) is 3.89. The number of nitrogens with zero attached hydrogens (tertiary/aromatic N) is 1. The van der Waals surface area contributed by atoms with Crippen LogP contribution in [0.15, 0.2) is 41.3 Å². The maximum absolute atomic E-state index is 13.4. The zero-order valence-electron chi connectivity index (χ0n) is 15.8. The van der Waals surface area contributed by atoms with Crippen molar-refractivity contribution in [2.75, 3.05) is 14.1 Å². The minimum Gasteiger partial charge on any atom is -0.349 e. The van der Waals surface area contributed by atoms with Gasteiger partial charge in [0.1, 0.15) is 5.82 Å². The molecule has 0 saturated heterocycles. The molecule has 1 amide bonds. The van der Waals surface area contributed by atoms with E-state index in [1.54, 1.807) is 26.0 Å². The fourth-order valence-corrected chi connectivity index (χ4v) is 4.35. The summed E-state index contributed by atoms with van der Waals surface area (Å²) in [5, 5.41) is 2.92. The Morgan fingerprint density at radius 3 is 2.52 bits per heavy atom. The van der Waals surface area contributed by atoms with Crippen molar-refractivity contribution in [3.05, 3.63) is 64.5 Å². The van der Waals surface area contributed by atoms with Crippen molar-refractivity contribution in [2.45, 2.75) is 37.1 Å². The number of hydrogen-bond donors (Lipinski definition) is 1. The van der Waals surface area contributed by atoms with Gasteiger partial charge in [0.2, 0.25) is 10.0 Å². The second kappa shape index (κ2) is 7.05. The minimum absolute atomic E-state index is 0.0742. The highest BCUT2D eigenvalue weighted by atomic mass is 32.2. The molecular formula is C20H23FN2O3S. The molecule has 0 unspecified atom stereocenters. The highest BCUT2D eigenvalue weighted by Gasteiger charge is 2.40. The van der Waals surface area contributed by atoms with Crippen LogP contribution in [0.2, 0.25) is 0 Å². The van der Waals surface area contributed by atoms with Gasteiger partial charge in [-0.1, -0.05) is 12.1 Å². The Bertz CT molecular complexity index is 1000. The third-order valence-electron chi connectivity index (χ3n) is 5.02. The molecule has 0 heterocycles. The van der Waals surface area contributed by atoms with Gasteiger partial charge in [-0.25, -0.2) is 17.1 Å². The van der Waals surface area contributed by atoms with E-state index in [1.807, 2.05) is 6.07 Å². The first-order chi connectivity index (χ1) is 12.6. The van der Waals surface area contributed by atoms with E-state index >= 15 is 0 Å². The molecular weight excluding hydrogens is 367 g/mol. The number of benzene rings is 2. The molecule has 27 heavy (non-hydrogen) atoms. The molecule has 1 fully saturated rings. The van der Waals surface area contributed by atoms with E-state index in [2.05, 4.69) is 5.32 Å².